The van der Waals surface area contributed by atoms with Gasteiger partial charge in [-0.25, -0.2) is 13.1 Å². The van der Waals surface area contributed by atoms with Crippen LogP contribution in [0.15, 0.2) is 59.5 Å². The van der Waals surface area contributed by atoms with Crippen LogP contribution in [0.1, 0.15) is 11.3 Å². The number of sulfone groups is 1. The highest BCUT2D eigenvalue weighted by Crippen LogP contribution is 2.38. The molecule has 0 aliphatic carbocycles. The molecule has 0 bridgehead atoms. The largest absolute Gasteiger partial charge is 0.435 e. The van der Waals surface area contributed by atoms with E-state index in [4.69, 9.17) is 0 Å². The Bertz CT molecular complexity index is 1340. The van der Waals surface area contributed by atoms with Gasteiger partial charge in [0.15, 0.2) is 15.5 Å². The number of aliphatic hydroxyl groups is 1. The van der Waals surface area contributed by atoms with Crippen molar-refractivity contribution in [3.05, 3.63) is 65.9 Å². The Morgan fingerprint density at radius 1 is 1.00 bits per heavy atom. The molecule has 3 aromatic carbocycles. The fourth-order valence-corrected chi connectivity index (χ4v) is 3.95. The van der Waals surface area contributed by atoms with Crippen molar-refractivity contribution in [2.75, 3.05) is 6.26 Å². The van der Waals surface area contributed by atoms with Gasteiger partial charge in [0.1, 0.15) is 0 Å². The van der Waals surface area contributed by atoms with Crippen molar-refractivity contribution >= 4 is 31.5 Å². The number of fused-ring (bicyclic) bond motifs is 3. The summed E-state index contributed by atoms with van der Waals surface area (Å²) in [5, 5.41) is 14.3. The molecule has 0 saturated heterocycles. The predicted molar refractivity (Wildman–Crippen MR) is 103 cm³/mol. The van der Waals surface area contributed by atoms with Gasteiger partial charge in [-0.1, -0.05) is 18.2 Å². The first kappa shape index (κ1) is 19.4. The minimum atomic E-state index is -4.66. The van der Waals surface area contributed by atoms with Crippen LogP contribution >= 0.6 is 0 Å². The zero-order valence-corrected chi connectivity index (χ0v) is 15.9. The van der Waals surface area contributed by atoms with E-state index in [0.717, 1.165) is 6.26 Å². The van der Waals surface area contributed by atoms with Crippen LogP contribution in [0.5, 0.6) is 0 Å². The Morgan fingerprint density at radius 3 is 2.24 bits per heavy atom. The Hall–Kier alpha value is -2.91. The van der Waals surface area contributed by atoms with Gasteiger partial charge < -0.3 is 5.11 Å². The number of benzene rings is 3. The van der Waals surface area contributed by atoms with E-state index in [0.29, 0.717) is 22.0 Å². The van der Waals surface area contributed by atoms with Crippen molar-refractivity contribution in [3.63, 3.8) is 0 Å². The van der Waals surface area contributed by atoms with Crippen LogP contribution in [-0.4, -0.2) is 29.6 Å². The molecule has 0 fully saturated rings. The van der Waals surface area contributed by atoms with Crippen LogP contribution in [0, 0.1) is 0 Å². The standard InChI is InChI=1S/C20H15F3N2O3S/c1-29(27,28)15-6-4-14(5-7-15)25-18-16-8-2-12(11-26)10-13(16)3-9-17(18)19(24-25)20(21,22)23/h2-10,26H,11H2,1H3. The van der Waals surface area contributed by atoms with Crippen molar-refractivity contribution in [2.45, 2.75) is 17.7 Å². The van der Waals surface area contributed by atoms with E-state index in [1.54, 1.807) is 24.3 Å². The van der Waals surface area contributed by atoms with Gasteiger partial charge in [0.2, 0.25) is 0 Å². The second kappa shape index (κ2) is 6.57. The first-order chi connectivity index (χ1) is 13.6. The maximum Gasteiger partial charge on any atom is 0.435 e. The first-order valence-electron chi connectivity index (χ1n) is 8.52. The van der Waals surface area contributed by atoms with Crippen molar-refractivity contribution in [3.8, 4) is 5.69 Å². The van der Waals surface area contributed by atoms with Crippen LogP contribution in [0.2, 0.25) is 0 Å². The highest BCUT2D eigenvalue weighted by molar-refractivity contribution is 7.90. The summed E-state index contributed by atoms with van der Waals surface area (Å²) in [5.74, 6) is 0. The lowest BCUT2D eigenvalue weighted by Gasteiger charge is -2.08. The average molecular weight is 420 g/mol. The van der Waals surface area contributed by atoms with Crippen LogP contribution in [-0.2, 0) is 22.6 Å². The third kappa shape index (κ3) is 3.36. The number of alkyl halides is 3. The molecule has 0 saturated carbocycles. The van der Waals surface area contributed by atoms with Gasteiger partial charge in [-0.15, -0.1) is 0 Å². The second-order valence-corrected chi connectivity index (χ2v) is 8.72. The van der Waals surface area contributed by atoms with E-state index < -0.39 is 21.7 Å². The minimum absolute atomic E-state index is 0.0612. The van der Waals surface area contributed by atoms with E-state index in [1.165, 1.54) is 35.0 Å². The van der Waals surface area contributed by atoms with Crippen LogP contribution in [0.4, 0.5) is 13.2 Å². The molecule has 1 heterocycles. The molecule has 29 heavy (non-hydrogen) atoms. The number of halogens is 3. The zero-order valence-electron chi connectivity index (χ0n) is 15.1. The second-order valence-electron chi connectivity index (χ2n) is 6.70. The lowest BCUT2D eigenvalue weighted by molar-refractivity contribution is -0.140. The molecule has 1 N–H and O–H groups in total. The smallest absolute Gasteiger partial charge is 0.392 e. The number of hydrogen-bond donors (Lipinski definition) is 1. The molecule has 1 aromatic heterocycles. The number of hydrogen-bond acceptors (Lipinski definition) is 4. The molecule has 0 aliphatic heterocycles. The Kier molecular flexibility index (Phi) is 4.39. The molecule has 0 spiro atoms. The van der Waals surface area contributed by atoms with Gasteiger partial charge in [-0.3, -0.25) is 0 Å². The molecular weight excluding hydrogens is 405 g/mol. The normalized spacial score (nSPS) is 12.7. The summed E-state index contributed by atoms with van der Waals surface area (Å²) in [6.45, 7) is -0.187. The quantitative estimate of drug-likeness (QED) is 0.542. The molecule has 0 amide bonds. The fraction of sp³-hybridized carbons (Fsp3) is 0.150. The van der Waals surface area contributed by atoms with Crippen LogP contribution in [0.3, 0.4) is 0 Å². The van der Waals surface area contributed by atoms with Gasteiger partial charge in [-0.2, -0.15) is 18.3 Å². The lowest BCUT2D eigenvalue weighted by Crippen LogP contribution is -2.07. The summed E-state index contributed by atoms with van der Waals surface area (Å²) in [5.41, 5.74) is 0.173. The van der Waals surface area contributed by atoms with E-state index in [9.17, 15) is 26.7 Å². The third-order valence-electron chi connectivity index (χ3n) is 4.68. The van der Waals surface area contributed by atoms with E-state index in [-0.39, 0.29) is 22.4 Å². The molecule has 0 radical (unpaired) electrons. The number of nitrogens with zero attached hydrogens (tertiary/aromatic N) is 2. The third-order valence-corrected chi connectivity index (χ3v) is 5.81. The maximum atomic E-state index is 13.6. The van der Waals surface area contributed by atoms with E-state index in [2.05, 4.69) is 5.10 Å². The number of aliphatic hydroxyl groups excluding tert-OH is 1. The summed E-state index contributed by atoms with van der Waals surface area (Å²) in [6, 6.07) is 13.4. The summed E-state index contributed by atoms with van der Waals surface area (Å²) >= 11 is 0. The zero-order chi connectivity index (χ0) is 21.0. The summed E-state index contributed by atoms with van der Waals surface area (Å²) < 4.78 is 65.3. The fourth-order valence-electron chi connectivity index (χ4n) is 3.32. The molecule has 9 heteroatoms. The average Bonchev–Trinajstić information content (AvgIpc) is 3.07. The van der Waals surface area contributed by atoms with Crippen molar-refractivity contribution in [1.82, 2.24) is 9.78 Å². The molecule has 0 aliphatic rings. The maximum absolute atomic E-state index is 13.6. The molecule has 0 atom stereocenters. The summed E-state index contributed by atoms with van der Waals surface area (Å²) in [7, 11) is -3.44. The summed E-state index contributed by atoms with van der Waals surface area (Å²) in [6.07, 6.45) is -3.60. The monoisotopic (exact) mass is 420 g/mol. The number of rotatable bonds is 3. The Balaban J connectivity index is 2.05. The molecule has 4 aromatic rings. The van der Waals surface area contributed by atoms with Gasteiger partial charge >= 0.3 is 6.18 Å². The molecule has 0 unspecified atom stereocenters. The topological polar surface area (TPSA) is 72.2 Å². The molecule has 150 valence electrons. The SMILES string of the molecule is CS(=O)(=O)c1ccc(-n2nc(C(F)(F)F)c3ccc4cc(CO)ccc4c32)cc1. The number of aromatic nitrogens is 2. The van der Waals surface area contributed by atoms with Crippen LogP contribution < -0.4 is 0 Å². The van der Waals surface area contributed by atoms with Gasteiger partial charge in [0.05, 0.1) is 22.7 Å². The van der Waals surface area contributed by atoms with E-state index in [1.807, 2.05) is 0 Å². The predicted octanol–water partition coefficient (Wildman–Crippen LogP) is 4.09. The molecule has 4 rings (SSSR count). The Labute approximate surface area is 163 Å². The van der Waals surface area contributed by atoms with Crippen molar-refractivity contribution < 1.29 is 26.7 Å². The first-order valence-corrected chi connectivity index (χ1v) is 10.4. The van der Waals surface area contributed by atoms with E-state index >= 15 is 0 Å². The Morgan fingerprint density at radius 2 is 1.66 bits per heavy atom. The van der Waals surface area contributed by atoms with Gasteiger partial charge in [-0.05, 0) is 47.3 Å². The highest BCUT2D eigenvalue weighted by Gasteiger charge is 2.37. The minimum Gasteiger partial charge on any atom is -0.392 e. The highest BCUT2D eigenvalue weighted by atomic mass is 32.2. The van der Waals surface area contributed by atoms with Crippen molar-refractivity contribution in [2.24, 2.45) is 0 Å². The molecule has 5 nitrogen and oxygen atoms in total. The van der Waals surface area contributed by atoms with Crippen molar-refractivity contribution in [1.29, 1.82) is 0 Å². The van der Waals surface area contributed by atoms with Crippen LogP contribution in [0.25, 0.3) is 27.4 Å². The summed E-state index contributed by atoms with van der Waals surface area (Å²) in [4.78, 5) is 0.0613. The van der Waals surface area contributed by atoms with Gasteiger partial charge in [0, 0.05) is 17.0 Å². The lowest BCUT2D eigenvalue weighted by atomic mass is 10.0. The molecular formula is C20H15F3N2O3S. The van der Waals surface area contributed by atoms with Gasteiger partial charge in [0.25, 0.3) is 0 Å².